The Morgan fingerprint density at radius 2 is 1.88 bits per heavy atom. The quantitative estimate of drug-likeness (QED) is 0.522. The van der Waals surface area contributed by atoms with Crippen molar-refractivity contribution in [3.8, 4) is 10.6 Å². The molecule has 126 valence electrons. The van der Waals surface area contributed by atoms with E-state index in [1.54, 1.807) is 35.6 Å². The lowest BCUT2D eigenvalue weighted by atomic mass is 10.1. The Morgan fingerprint density at radius 3 is 2.48 bits per heavy atom. The third kappa shape index (κ3) is 4.74. The fourth-order valence-corrected chi connectivity index (χ4v) is 3.38. The van der Waals surface area contributed by atoms with Crippen molar-refractivity contribution in [3.05, 3.63) is 59.5 Å². The number of carbonyl (C=O) groups is 2. The van der Waals surface area contributed by atoms with Gasteiger partial charge in [-0.25, -0.2) is 0 Å². The molecule has 0 atom stereocenters. The molecule has 2 heterocycles. The molecule has 0 aliphatic heterocycles. The van der Waals surface area contributed by atoms with Gasteiger partial charge in [-0.3, -0.25) is 9.59 Å². The Labute approximate surface area is 153 Å². The van der Waals surface area contributed by atoms with Gasteiger partial charge in [-0.1, -0.05) is 17.8 Å². The highest BCUT2D eigenvalue weighted by molar-refractivity contribution is 7.99. The van der Waals surface area contributed by atoms with Crippen LogP contribution < -0.4 is 5.32 Å². The minimum atomic E-state index is -0.135. The van der Waals surface area contributed by atoms with Crippen molar-refractivity contribution in [2.24, 2.45) is 0 Å². The Balaban J connectivity index is 1.52. The van der Waals surface area contributed by atoms with Crippen LogP contribution in [-0.4, -0.2) is 27.6 Å². The van der Waals surface area contributed by atoms with Crippen molar-refractivity contribution in [2.45, 2.75) is 11.9 Å². The van der Waals surface area contributed by atoms with Crippen LogP contribution in [0.25, 0.3) is 10.6 Å². The van der Waals surface area contributed by atoms with Crippen LogP contribution >= 0.6 is 23.1 Å². The number of nitrogens with one attached hydrogen (secondary N) is 1. The van der Waals surface area contributed by atoms with Crippen LogP contribution in [0, 0.1) is 0 Å². The highest BCUT2D eigenvalue weighted by Crippen LogP contribution is 2.23. The zero-order valence-corrected chi connectivity index (χ0v) is 15.1. The number of anilines is 1. The number of nitrogens with zero attached hydrogens (tertiary/aromatic N) is 2. The number of Topliss-reactive ketones (excluding diaryl/α,β-unsaturated/α-hetero) is 1. The molecule has 0 unspecified atom stereocenters. The zero-order chi connectivity index (χ0) is 17.6. The van der Waals surface area contributed by atoms with E-state index < -0.39 is 0 Å². The lowest BCUT2D eigenvalue weighted by Gasteiger charge is -2.05. The number of thiophene rings is 1. The monoisotopic (exact) mass is 369 g/mol. The van der Waals surface area contributed by atoms with E-state index in [4.69, 9.17) is 0 Å². The number of aromatic nitrogens is 2. The summed E-state index contributed by atoms with van der Waals surface area (Å²) >= 11 is 2.93. The summed E-state index contributed by atoms with van der Waals surface area (Å²) in [5.41, 5.74) is 2.11. The molecule has 5 nitrogen and oxygen atoms in total. The van der Waals surface area contributed by atoms with E-state index in [1.165, 1.54) is 18.7 Å². The summed E-state index contributed by atoms with van der Waals surface area (Å²) in [6.07, 6.45) is 0. The first-order valence-electron chi connectivity index (χ1n) is 7.53. The van der Waals surface area contributed by atoms with Gasteiger partial charge in [0.05, 0.1) is 10.6 Å². The van der Waals surface area contributed by atoms with Gasteiger partial charge in [0.1, 0.15) is 10.7 Å². The number of carbonyl (C=O) groups excluding carboxylic acids is 2. The highest BCUT2D eigenvalue weighted by atomic mass is 32.2. The summed E-state index contributed by atoms with van der Waals surface area (Å²) in [6.45, 7) is 1.51. The molecule has 3 rings (SSSR count). The van der Waals surface area contributed by atoms with Crippen LogP contribution in [0.1, 0.15) is 17.3 Å². The molecule has 1 aromatic carbocycles. The van der Waals surface area contributed by atoms with Crippen molar-refractivity contribution in [3.63, 3.8) is 0 Å². The predicted molar refractivity (Wildman–Crippen MR) is 101 cm³/mol. The maximum atomic E-state index is 12.0. The number of amides is 1. The van der Waals surface area contributed by atoms with Crippen LogP contribution in [0.5, 0.6) is 0 Å². The smallest absolute Gasteiger partial charge is 0.234 e. The maximum Gasteiger partial charge on any atom is 0.234 e. The molecule has 1 N–H and O–H groups in total. The van der Waals surface area contributed by atoms with E-state index in [1.807, 2.05) is 29.6 Å². The summed E-state index contributed by atoms with van der Waals surface area (Å²) in [4.78, 5) is 24.3. The largest absolute Gasteiger partial charge is 0.325 e. The fraction of sp³-hybridized carbons (Fsp3) is 0.111. The third-order valence-corrected chi connectivity index (χ3v) is 5.15. The van der Waals surface area contributed by atoms with E-state index >= 15 is 0 Å². The fourth-order valence-electron chi connectivity index (χ4n) is 2.08. The van der Waals surface area contributed by atoms with Crippen LogP contribution in [0.3, 0.4) is 0 Å². The first kappa shape index (κ1) is 17.3. The molecule has 25 heavy (non-hydrogen) atoms. The van der Waals surface area contributed by atoms with Crippen molar-refractivity contribution >= 4 is 40.5 Å². The van der Waals surface area contributed by atoms with Gasteiger partial charge in [-0.05, 0) is 54.8 Å². The van der Waals surface area contributed by atoms with Gasteiger partial charge in [0, 0.05) is 11.3 Å². The SMILES string of the molecule is CC(=O)c1ccc(NC(=O)CSc2ccc(-c3cccs3)nn2)cc1. The van der Waals surface area contributed by atoms with Gasteiger partial charge >= 0.3 is 0 Å². The number of hydrogen-bond acceptors (Lipinski definition) is 6. The third-order valence-electron chi connectivity index (χ3n) is 3.34. The Bertz CT molecular complexity index is 860. The molecule has 0 bridgehead atoms. The standard InChI is InChI=1S/C18H15N3O2S2/c1-12(22)13-4-6-14(7-5-13)19-17(23)11-25-18-9-8-15(20-21-18)16-3-2-10-24-16/h2-10H,11H2,1H3,(H,19,23). The molecular formula is C18H15N3O2S2. The molecule has 7 heteroatoms. The second kappa shape index (κ2) is 8.04. The minimum Gasteiger partial charge on any atom is -0.325 e. The predicted octanol–water partition coefficient (Wildman–Crippen LogP) is 4.14. The Morgan fingerprint density at radius 1 is 1.08 bits per heavy atom. The summed E-state index contributed by atoms with van der Waals surface area (Å²) in [6, 6.07) is 14.6. The van der Waals surface area contributed by atoms with Crippen LogP contribution in [0.15, 0.2) is 58.9 Å². The molecular weight excluding hydrogens is 354 g/mol. The average molecular weight is 369 g/mol. The Kier molecular flexibility index (Phi) is 5.57. The van der Waals surface area contributed by atoms with E-state index in [0.29, 0.717) is 16.3 Å². The molecule has 1 amide bonds. The van der Waals surface area contributed by atoms with Crippen molar-refractivity contribution in [2.75, 3.05) is 11.1 Å². The molecule has 0 fully saturated rings. The van der Waals surface area contributed by atoms with E-state index in [2.05, 4.69) is 15.5 Å². The summed E-state index contributed by atoms with van der Waals surface area (Å²) < 4.78 is 0. The van der Waals surface area contributed by atoms with E-state index in [-0.39, 0.29) is 17.4 Å². The van der Waals surface area contributed by atoms with Crippen molar-refractivity contribution < 1.29 is 9.59 Å². The summed E-state index contributed by atoms with van der Waals surface area (Å²) in [7, 11) is 0. The van der Waals surface area contributed by atoms with Gasteiger partial charge in [0.25, 0.3) is 0 Å². The second-order valence-electron chi connectivity index (χ2n) is 5.20. The van der Waals surface area contributed by atoms with E-state index in [9.17, 15) is 9.59 Å². The molecule has 0 spiro atoms. The summed E-state index contributed by atoms with van der Waals surface area (Å²) in [5.74, 6) is 0.101. The lowest BCUT2D eigenvalue weighted by molar-refractivity contribution is -0.113. The first-order valence-corrected chi connectivity index (χ1v) is 9.39. The Hall–Kier alpha value is -2.51. The van der Waals surface area contributed by atoms with E-state index in [0.717, 1.165) is 10.6 Å². The highest BCUT2D eigenvalue weighted by Gasteiger charge is 2.07. The van der Waals surface area contributed by atoms with Gasteiger partial charge in [-0.15, -0.1) is 21.5 Å². The number of rotatable bonds is 6. The molecule has 3 aromatic rings. The number of ketones is 1. The maximum absolute atomic E-state index is 12.0. The summed E-state index contributed by atoms with van der Waals surface area (Å²) in [5, 5.41) is 13.8. The van der Waals surface area contributed by atoms with Gasteiger partial charge in [0.15, 0.2) is 5.78 Å². The lowest BCUT2D eigenvalue weighted by Crippen LogP contribution is -2.14. The number of thioether (sulfide) groups is 1. The van der Waals surface area contributed by atoms with Crippen LogP contribution in [-0.2, 0) is 4.79 Å². The minimum absolute atomic E-state index is 0.00185. The number of hydrogen-bond donors (Lipinski definition) is 1. The molecule has 0 saturated heterocycles. The van der Waals surface area contributed by atoms with Gasteiger partial charge < -0.3 is 5.32 Å². The molecule has 0 aliphatic rings. The normalized spacial score (nSPS) is 10.4. The van der Waals surface area contributed by atoms with Crippen LogP contribution in [0.2, 0.25) is 0 Å². The second-order valence-corrected chi connectivity index (χ2v) is 7.15. The molecule has 0 saturated carbocycles. The topological polar surface area (TPSA) is 72.0 Å². The molecule has 0 radical (unpaired) electrons. The first-order chi connectivity index (χ1) is 12.1. The van der Waals surface area contributed by atoms with Gasteiger partial charge in [-0.2, -0.15) is 0 Å². The molecule has 2 aromatic heterocycles. The van der Waals surface area contributed by atoms with Crippen molar-refractivity contribution in [1.82, 2.24) is 10.2 Å². The molecule has 0 aliphatic carbocycles. The zero-order valence-electron chi connectivity index (χ0n) is 13.4. The van der Waals surface area contributed by atoms with Gasteiger partial charge in [0.2, 0.25) is 5.91 Å². The van der Waals surface area contributed by atoms with Crippen molar-refractivity contribution in [1.29, 1.82) is 0 Å². The number of benzene rings is 1. The average Bonchev–Trinajstić information content (AvgIpc) is 3.15. The van der Waals surface area contributed by atoms with Crippen LogP contribution in [0.4, 0.5) is 5.69 Å².